The molecular formula is C9H16N4O. The molecule has 0 aromatic carbocycles. The minimum Gasteiger partial charge on any atom is -0.478 e. The summed E-state index contributed by atoms with van der Waals surface area (Å²) in [6.45, 7) is 3.95. The standard InChI is InChI=1S/C9H16N4O/c1-2-7-14-8-3-5-11-9(13-8)12-6-4-10/h3,5H,2,4,6-7,10H2,1H3,(H,11,12,13). The van der Waals surface area contributed by atoms with E-state index in [9.17, 15) is 0 Å². The van der Waals surface area contributed by atoms with Crippen LogP contribution in [0.25, 0.3) is 0 Å². The monoisotopic (exact) mass is 196 g/mol. The molecule has 0 amide bonds. The maximum absolute atomic E-state index is 5.35. The molecule has 1 aromatic heterocycles. The summed E-state index contributed by atoms with van der Waals surface area (Å²) in [6, 6.07) is 1.74. The third-order valence-electron chi connectivity index (χ3n) is 1.51. The fraction of sp³-hybridized carbons (Fsp3) is 0.556. The van der Waals surface area contributed by atoms with Crippen LogP contribution in [0.5, 0.6) is 5.88 Å². The summed E-state index contributed by atoms with van der Waals surface area (Å²) in [5.41, 5.74) is 5.35. The number of hydrogen-bond acceptors (Lipinski definition) is 5. The zero-order valence-corrected chi connectivity index (χ0v) is 8.36. The number of nitrogens with one attached hydrogen (secondary N) is 1. The molecule has 0 bridgehead atoms. The van der Waals surface area contributed by atoms with Crippen molar-refractivity contribution in [3.8, 4) is 5.88 Å². The predicted molar refractivity (Wildman–Crippen MR) is 55.4 cm³/mol. The van der Waals surface area contributed by atoms with Crippen molar-refractivity contribution < 1.29 is 4.74 Å². The number of aromatic nitrogens is 2. The maximum Gasteiger partial charge on any atom is 0.225 e. The van der Waals surface area contributed by atoms with Crippen LogP contribution >= 0.6 is 0 Å². The summed E-state index contributed by atoms with van der Waals surface area (Å²) < 4.78 is 5.35. The van der Waals surface area contributed by atoms with Crippen LogP contribution in [0.1, 0.15) is 13.3 Å². The summed E-state index contributed by atoms with van der Waals surface area (Å²) >= 11 is 0. The summed E-state index contributed by atoms with van der Waals surface area (Å²) in [4.78, 5) is 8.17. The SMILES string of the molecule is CCCOc1ccnc(NCCN)n1. The fourth-order valence-electron chi connectivity index (χ4n) is 0.898. The van der Waals surface area contributed by atoms with Crippen molar-refractivity contribution in [3.05, 3.63) is 12.3 Å². The molecule has 1 heterocycles. The molecule has 14 heavy (non-hydrogen) atoms. The molecule has 0 spiro atoms. The zero-order valence-electron chi connectivity index (χ0n) is 8.36. The lowest BCUT2D eigenvalue weighted by Crippen LogP contribution is -2.14. The summed E-state index contributed by atoms with van der Waals surface area (Å²) in [7, 11) is 0. The first-order chi connectivity index (χ1) is 6.86. The lowest BCUT2D eigenvalue weighted by molar-refractivity contribution is 0.305. The highest BCUT2D eigenvalue weighted by molar-refractivity contribution is 5.27. The van der Waals surface area contributed by atoms with Crippen LogP contribution in [0, 0.1) is 0 Å². The first-order valence-electron chi connectivity index (χ1n) is 4.76. The number of ether oxygens (including phenoxy) is 1. The van der Waals surface area contributed by atoms with E-state index in [-0.39, 0.29) is 0 Å². The third-order valence-corrected chi connectivity index (χ3v) is 1.51. The molecule has 78 valence electrons. The van der Waals surface area contributed by atoms with Crippen molar-refractivity contribution in [2.45, 2.75) is 13.3 Å². The predicted octanol–water partition coefficient (Wildman–Crippen LogP) is 0.636. The first kappa shape index (κ1) is 10.7. The largest absolute Gasteiger partial charge is 0.478 e. The molecular weight excluding hydrogens is 180 g/mol. The van der Waals surface area contributed by atoms with Gasteiger partial charge < -0.3 is 15.8 Å². The second-order valence-electron chi connectivity index (χ2n) is 2.78. The molecule has 5 heteroatoms. The van der Waals surface area contributed by atoms with Crippen molar-refractivity contribution in [2.24, 2.45) is 5.73 Å². The molecule has 1 aromatic rings. The van der Waals surface area contributed by atoms with E-state index >= 15 is 0 Å². The highest BCUT2D eigenvalue weighted by Crippen LogP contribution is 2.07. The minimum atomic E-state index is 0.559. The van der Waals surface area contributed by atoms with Crippen LogP contribution in [0.4, 0.5) is 5.95 Å². The number of hydrogen-bond donors (Lipinski definition) is 2. The molecule has 3 N–H and O–H groups in total. The molecule has 0 saturated carbocycles. The number of nitrogens with two attached hydrogens (primary N) is 1. The Kier molecular flexibility index (Phi) is 4.71. The number of anilines is 1. The van der Waals surface area contributed by atoms with Crippen LogP contribution in [0.15, 0.2) is 12.3 Å². The molecule has 0 aliphatic rings. The topological polar surface area (TPSA) is 73.1 Å². The highest BCUT2D eigenvalue weighted by atomic mass is 16.5. The van der Waals surface area contributed by atoms with E-state index in [0.717, 1.165) is 6.42 Å². The lowest BCUT2D eigenvalue weighted by atomic mass is 10.5. The van der Waals surface area contributed by atoms with E-state index in [4.69, 9.17) is 10.5 Å². The van der Waals surface area contributed by atoms with Gasteiger partial charge >= 0.3 is 0 Å². The van der Waals surface area contributed by atoms with Crippen molar-refractivity contribution in [1.29, 1.82) is 0 Å². The van der Waals surface area contributed by atoms with Gasteiger partial charge in [-0.1, -0.05) is 6.92 Å². The average molecular weight is 196 g/mol. The van der Waals surface area contributed by atoms with Gasteiger partial charge in [-0.25, -0.2) is 4.98 Å². The average Bonchev–Trinajstić information content (AvgIpc) is 2.24. The van der Waals surface area contributed by atoms with Gasteiger partial charge in [-0.3, -0.25) is 0 Å². The van der Waals surface area contributed by atoms with E-state index < -0.39 is 0 Å². The summed E-state index contributed by atoms with van der Waals surface area (Å²) in [5.74, 6) is 1.16. The van der Waals surface area contributed by atoms with Crippen molar-refractivity contribution in [2.75, 3.05) is 25.0 Å². The van der Waals surface area contributed by atoms with Gasteiger partial charge in [-0.15, -0.1) is 0 Å². The Morgan fingerprint density at radius 1 is 1.57 bits per heavy atom. The Morgan fingerprint density at radius 2 is 2.43 bits per heavy atom. The fourth-order valence-corrected chi connectivity index (χ4v) is 0.898. The van der Waals surface area contributed by atoms with Gasteiger partial charge in [0.2, 0.25) is 11.8 Å². The van der Waals surface area contributed by atoms with Gasteiger partial charge in [-0.05, 0) is 6.42 Å². The molecule has 1 rings (SSSR count). The summed E-state index contributed by atoms with van der Waals surface area (Å²) in [5, 5.41) is 2.98. The van der Waals surface area contributed by atoms with Crippen LogP contribution in [-0.4, -0.2) is 29.7 Å². The maximum atomic E-state index is 5.35. The van der Waals surface area contributed by atoms with Gasteiger partial charge in [0.1, 0.15) is 0 Å². The van der Waals surface area contributed by atoms with Crippen LogP contribution < -0.4 is 15.8 Å². The third kappa shape index (κ3) is 3.57. The highest BCUT2D eigenvalue weighted by Gasteiger charge is 1.97. The van der Waals surface area contributed by atoms with Crippen LogP contribution in [-0.2, 0) is 0 Å². The molecule has 0 radical (unpaired) electrons. The van der Waals surface area contributed by atoms with Gasteiger partial charge in [0.25, 0.3) is 0 Å². The molecule has 0 aliphatic carbocycles. The van der Waals surface area contributed by atoms with E-state index in [2.05, 4.69) is 22.2 Å². The van der Waals surface area contributed by atoms with E-state index in [1.165, 1.54) is 0 Å². The Labute approximate surface area is 83.7 Å². The molecule has 0 fully saturated rings. The zero-order chi connectivity index (χ0) is 10.2. The van der Waals surface area contributed by atoms with Crippen molar-refractivity contribution in [1.82, 2.24) is 9.97 Å². The minimum absolute atomic E-state index is 0.559. The van der Waals surface area contributed by atoms with Crippen molar-refractivity contribution >= 4 is 5.95 Å². The Hall–Kier alpha value is -1.36. The molecule has 0 saturated heterocycles. The van der Waals surface area contributed by atoms with E-state index in [1.54, 1.807) is 12.3 Å². The Balaban J connectivity index is 2.50. The lowest BCUT2D eigenvalue weighted by Gasteiger charge is -2.05. The van der Waals surface area contributed by atoms with Crippen LogP contribution in [0.2, 0.25) is 0 Å². The second kappa shape index (κ2) is 6.15. The second-order valence-corrected chi connectivity index (χ2v) is 2.78. The van der Waals surface area contributed by atoms with E-state index in [0.29, 0.717) is 31.5 Å². The first-order valence-corrected chi connectivity index (χ1v) is 4.76. The van der Waals surface area contributed by atoms with Crippen molar-refractivity contribution in [3.63, 3.8) is 0 Å². The smallest absolute Gasteiger partial charge is 0.225 e. The normalized spacial score (nSPS) is 9.86. The molecule has 0 atom stereocenters. The van der Waals surface area contributed by atoms with Gasteiger partial charge in [-0.2, -0.15) is 4.98 Å². The number of rotatable bonds is 6. The van der Waals surface area contributed by atoms with Gasteiger partial charge in [0, 0.05) is 25.4 Å². The van der Waals surface area contributed by atoms with Crippen LogP contribution in [0.3, 0.4) is 0 Å². The summed E-state index contributed by atoms with van der Waals surface area (Å²) in [6.07, 6.45) is 2.63. The van der Waals surface area contributed by atoms with Gasteiger partial charge in [0.05, 0.1) is 6.61 Å². The Morgan fingerprint density at radius 3 is 3.14 bits per heavy atom. The quantitative estimate of drug-likeness (QED) is 0.698. The Bertz CT molecular complexity index is 243. The van der Waals surface area contributed by atoms with E-state index in [1.807, 2.05) is 0 Å². The van der Waals surface area contributed by atoms with Gasteiger partial charge in [0.15, 0.2) is 0 Å². The number of nitrogens with zero attached hydrogens (tertiary/aromatic N) is 2. The molecule has 0 aliphatic heterocycles. The molecule has 5 nitrogen and oxygen atoms in total. The molecule has 0 unspecified atom stereocenters.